The van der Waals surface area contributed by atoms with Gasteiger partial charge < -0.3 is 4.74 Å². The third-order valence-electron chi connectivity index (χ3n) is 4.76. The van der Waals surface area contributed by atoms with Crippen LogP contribution < -0.4 is 20.9 Å². The monoisotopic (exact) mass is 447 g/mol. The van der Waals surface area contributed by atoms with E-state index in [1.54, 1.807) is 30.3 Å². The first kappa shape index (κ1) is 23.0. The number of carbonyl (C=O) groups excluding carboxylic acids is 2. The van der Waals surface area contributed by atoms with Crippen molar-refractivity contribution >= 4 is 29.1 Å². The average Bonchev–Trinajstić information content (AvgIpc) is 2.78. The molecule has 0 aliphatic carbocycles. The van der Waals surface area contributed by atoms with Crippen molar-refractivity contribution < 1.29 is 14.3 Å². The Morgan fingerprint density at radius 2 is 1.59 bits per heavy atom. The van der Waals surface area contributed by atoms with Crippen LogP contribution in [0.5, 0.6) is 5.75 Å². The van der Waals surface area contributed by atoms with Crippen molar-refractivity contribution in [3.8, 4) is 5.75 Å². The van der Waals surface area contributed by atoms with Crippen molar-refractivity contribution in [2.24, 2.45) is 0 Å². The zero-order valence-electron chi connectivity index (χ0n) is 18.0. The number of nitrogens with one attached hydrogen (secondary N) is 3. The lowest BCUT2D eigenvalue weighted by Gasteiger charge is -2.12. The van der Waals surface area contributed by atoms with Crippen LogP contribution in [0.3, 0.4) is 0 Å². The Bertz CT molecular complexity index is 1100. The Kier molecular flexibility index (Phi) is 7.94. The zero-order chi connectivity index (χ0) is 22.9. The van der Waals surface area contributed by atoms with Gasteiger partial charge in [0.05, 0.1) is 6.61 Å². The van der Waals surface area contributed by atoms with E-state index < -0.39 is 0 Å². The Labute approximate surface area is 193 Å². The Hall–Kier alpha value is -3.71. The fraction of sp³-hybridized carbons (Fsp3) is 0.160. The van der Waals surface area contributed by atoms with E-state index in [4.69, 9.17) is 17.0 Å². The van der Waals surface area contributed by atoms with Gasteiger partial charge in [-0.2, -0.15) is 0 Å². The summed E-state index contributed by atoms with van der Waals surface area (Å²) in [5, 5.41) is 2.53. The van der Waals surface area contributed by atoms with Gasteiger partial charge in [-0.3, -0.25) is 25.8 Å². The molecule has 0 unspecified atom stereocenters. The second-order valence-electron chi connectivity index (χ2n) is 7.29. The number of hydrogen-bond donors (Lipinski definition) is 3. The summed E-state index contributed by atoms with van der Waals surface area (Å²) in [6.07, 6.45) is 0.802. The summed E-state index contributed by atoms with van der Waals surface area (Å²) in [5.74, 6) is -0.0471. The highest BCUT2D eigenvalue weighted by atomic mass is 32.1. The van der Waals surface area contributed by atoms with Crippen molar-refractivity contribution in [3.63, 3.8) is 0 Å². The molecule has 0 saturated carbocycles. The molecule has 0 fully saturated rings. The van der Waals surface area contributed by atoms with Crippen molar-refractivity contribution in [2.75, 3.05) is 6.61 Å². The first-order chi connectivity index (χ1) is 15.4. The van der Waals surface area contributed by atoms with E-state index in [0.717, 1.165) is 17.5 Å². The number of rotatable bonds is 6. The third-order valence-corrected chi connectivity index (χ3v) is 4.97. The Morgan fingerprint density at radius 1 is 0.875 bits per heavy atom. The SMILES string of the molecule is Cc1ccc(C(=O)NNC(=S)NC(=O)c2ccc(OCCc3ccccc3)cc2)c(C)c1. The smallest absolute Gasteiger partial charge is 0.269 e. The second-order valence-corrected chi connectivity index (χ2v) is 7.70. The number of ether oxygens (including phenoxy) is 1. The fourth-order valence-corrected chi connectivity index (χ4v) is 3.23. The molecule has 32 heavy (non-hydrogen) atoms. The van der Waals surface area contributed by atoms with Gasteiger partial charge in [0.15, 0.2) is 5.11 Å². The van der Waals surface area contributed by atoms with Gasteiger partial charge in [-0.25, -0.2) is 0 Å². The van der Waals surface area contributed by atoms with Crippen LogP contribution in [-0.2, 0) is 6.42 Å². The van der Waals surface area contributed by atoms with Crippen molar-refractivity contribution in [3.05, 3.63) is 101 Å². The summed E-state index contributed by atoms with van der Waals surface area (Å²) in [7, 11) is 0. The molecule has 3 aromatic rings. The molecular weight excluding hydrogens is 422 g/mol. The first-order valence-electron chi connectivity index (χ1n) is 10.2. The van der Waals surface area contributed by atoms with Gasteiger partial charge in [0.1, 0.15) is 5.75 Å². The molecule has 0 atom stereocenters. The number of carbonyl (C=O) groups is 2. The van der Waals surface area contributed by atoms with Crippen LogP contribution in [0.25, 0.3) is 0 Å². The predicted octanol–water partition coefficient (Wildman–Crippen LogP) is 3.87. The van der Waals surface area contributed by atoms with Gasteiger partial charge in [-0.05, 0) is 67.5 Å². The summed E-state index contributed by atoms with van der Waals surface area (Å²) in [6.45, 7) is 4.36. The first-order valence-corrected chi connectivity index (χ1v) is 10.6. The molecule has 3 N–H and O–H groups in total. The summed E-state index contributed by atoms with van der Waals surface area (Å²) >= 11 is 5.10. The molecule has 0 heterocycles. The maximum absolute atomic E-state index is 12.4. The highest BCUT2D eigenvalue weighted by Gasteiger charge is 2.11. The molecule has 0 saturated heterocycles. The van der Waals surface area contributed by atoms with Gasteiger partial charge in [-0.1, -0.05) is 48.0 Å². The van der Waals surface area contributed by atoms with Gasteiger partial charge in [0.2, 0.25) is 0 Å². The lowest BCUT2D eigenvalue weighted by atomic mass is 10.1. The molecule has 3 aromatic carbocycles. The maximum atomic E-state index is 12.4. The highest BCUT2D eigenvalue weighted by Crippen LogP contribution is 2.13. The van der Waals surface area contributed by atoms with E-state index in [9.17, 15) is 9.59 Å². The summed E-state index contributed by atoms with van der Waals surface area (Å²) in [4.78, 5) is 24.7. The van der Waals surface area contributed by atoms with E-state index >= 15 is 0 Å². The molecule has 0 spiro atoms. The highest BCUT2D eigenvalue weighted by molar-refractivity contribution is 7.80. The Balaban J connectivity index is 1.44. The zero-order valence-corrected chi connectivity index (χ0v) is 18.8. The van der Waals surface area contributed by atoms with Crippen molar-refractivity contribution in [1.29, 1.82) is 0 Å². The largest absolute Gasteiger partial charge is 0.493 e. The molecule has 0 radical (unpaired) electrons. The lowest BCUT2D eigenvalue weighted by molar-refractivity contribution is 0.0934. The predicted molar refractivity (Wildman–Crippen MR) is 129 cm³/mol. The topological polar surface area (TPSA) is 79.5 Å². The maximum Gasteiger partial charge on any atom is 0.269 e. The van der Waals surface area contributed by atoms with Crippen LogP contribution in [0.15, 0.2) is 72.8 Å². The lowest BCUT2D eigenvalue weighted by Crippen LogP contribution is -2.48. The molecule has 2 amide bonds. The molecule has 0 aromatic heterocycles. The quantitative estimate of drug-likeness (QED) is 0.395. The number of benzene rings is 3. The molecule has 3 rings (SSSR count). The van der Waals surface area contributed by atoms with Crippen LogP contribution >= 0.6 is 12.2 Å². The summed E-state index contributed by atoms with van der Waals surface area (Å²) < 4.78 is 5.73. The number of amides is 2. The molecule has 7 heteroatoms. The molecule has 0 aliphatic rings. The molecule has 164 valence electrons. The van der Waals surface area contributed by atoms with E-state index in [1.165, 1.54) is 5.56 Å². The van der Waals surface area contributed by atoms with E-state index in [0.29, 0.717) is 23.5 Å². The molecule has 0 aliphatic heterocycles. The van der Waals surface area contributed by atoms with Crippen molar-refractivity contribution in [2.45, 2.75) is 20.3 Å². The number of thiocarbonyl (C=S) groups is 1. The van der Waals surface area contributed by atoms with Crippen LogP contribution in [0.1, 0.15) is 37.4 Å². The number of hydrazine groups is 1. The van der Waals surface area contributed by atoms with Crippen LogP contribution in [-0.4, -0.2) is 23.5 Å². The second kappa shape index (κ2) is 11.1. The molecular formula is C25H25N3O3S. The van der Waals surface area contributed by atoms with Crippen LogP contribution in [0.2, 0.25) is 0 Å². The fourth-order valence-electron chi connectivity index (χ4n) is 3.09. The van der Waals surface area contributed by atoms with Crippen molar-refractivity contribution in [1.82, 2.24) is 16.2 Å². The minimum Gasteiger partial charge on any atom is -0.493 e. The van der Waals surface area contributed by atoms with E-state index in [-0.39, 0.29) is 16.9 Å². The van der Waals surface area contributed by atoms with Gasteiger partial charge in [0.25, 0.3) is 11.8 Å². The van der Waals surface area contributed by atoms with Crippen LogP contribution in [0, 0.1) is 13.8 Å². The number of aryl methyl sites for hydroxylation is 2. The van der Waals surface area contributed by atoms with Gasteiger partial charge in [0, 0.05) is 17.5 Å². The minimum absolute atomic E-state index is 0.00342. The Morgan fingerprint density at radius 3 is 2.28 bits per heavy atom. The van der Waals surface area contributed by atoms with E-state index in [1.807, 2.05) is 44.2 Å². The van der Waals surface area contributed by atoms with E-state index in [2.05, 4.69) is 28.3 Å². The standard InChI is InChI=1S/C25H25N3O3S/c1-17-8-13-22(18(2)16-17)24(30)27-28-25(32)26-23(29)20-9-11-21(12-10-20)31-15-14-19-6-4-3-5-7-19/h3-13,16H,14-15H2,1-2H3,(H,27,30)(H2,26,28,29,32). The minimum atomic E-state index is -0.390. The van der Waals surface area contributed by atoms with Gasteiger partial charge >= 0.3 is 0 Å². The summed E-state index contributed by atoms with van der Waals surface area (Å²) in [6, 6.07) is 22.4. The molecule has 6 nitrogen and oxygen atoms in total. The van der Waals surface area contributed by atoms with Gasteiger partial charge in [-0.15, -0.1) is 0 Å². The normalized spacial score (nSPS) is 10.2. The van der Waals surface area contributed by atoms with Crippen LogP contribution in [0.4, 0.5) is 0 Å². The molecule has 0 bridgehead atoms. The number of hydrogen-bond acceptors (Lipinski definition) is 4. The average molecular weight is 448 g/mol. The third kappa shape index (κ3) is 6.65. The summed E-state index contributed by atoms with van der Waals surface area (Å²) in [5.41, 5.74) is 9.13.